The van der Waals surface area contributed by atoms with Crippen LogP contribution in [-0.4, -0.2) is 4.57 Å². The van der Waals surface area contributed by atoms with Gasteiger partial charge in [0.1, 0.15) is 0 Å². The molecule has 1 aromatic rings. The first-order chi connectivity index (χ1) is 3.70. The summed E-state index contributed by atoms with van der Waals surface area (Å²) in [4.78, 5) is 0. The first-order valence-electron chi connectivity index (χ1n) is 2.48. The minimum absolute atomic E-state index is 1.13. The van der Waals surface area contributed by atoms with Crippen LogP contribution in [0.1, 0.15) is 5.56 Å². The highest BCUT2D eigenvalue weighted by molar-refractivity contribution is 9.10. The maximum atomic E-state index is 3.38. The van der Waals surface area contributed by atoms with Gasteiger partial charge in [-0.2, -0.15) is 0 Å². The molecule has 0 atom stereocenters. The zero-order valence-electron chi connectivity index (χ0n) is 4.98. The van der Waals surface area contributed by atoms with E-state index in [2.05, 4.69) is 35.1 Å². The molecular weight excluding hydrogens is 166 g/mol. The van der Waals surface area contributed by atoms with Crippen LogP contribution < -0.4 is 0 Å². The largest absolute Gasteiger partial charge is 0.345 e. The van der Waals surface area contributed by atoms with Gasteiger partial charge in [0.2, 0.25) is 0 Å². The summed E-state index contributed by atoms with van der Waals surface area (Å²) in [6.45, 7) is 2.07. The predicted octanol–water partition coefficient (Wildman–Crippen LogP) is 2.10. The van der Waals surface area contributed by atoms with Gasteiger partial charge in [0.15, 0.2) is 0 Å². The van der Waals surface area contributed by atoms with Gasteiger partial charge in [-0.15, -0.1) is 0 Å². The van der Waals surface area contributed by atoms with Crippen molar-refractivity contribution in [2.75, 3.05) is 0 Å². The van der Waals surface area contributed by atoms with Crippen LogP contribution in [0, 0.1) is 6.92 Å². The molecule has 44 valence electrons. The van der Waals surface area contributed by atoms with Crippen LogP contribution in [0.5, 0.6) is 0 Å². The van der Waals surface area contributed by atoms with Gasteiger partial charge in [0, 0.05) is 13.2 Å². The Labute approximate surface area is 57.4 Å². The molecule has 0 amide bonds. The monoisotopic (exact) mass is 173 g/mol. The van der Waals surface area contributed by atoms with E-state index in [-0.39, 0.29) is 0 Å². The molecule has 0 aliphatic heterocycles. The molecule has 1 aromatic heterocycles. The molecule has 0 aliphatic rings. The molecule has 8 heavy (non-hydrogen) atoms. The highest BCUT2D eigenvalue weighted by atomic mass is 79.9. The Morgan fingerprint density at radius 3 is 2.38 bits per heavy atom. The lowest BCUT2D eigenvalue weighted by molar-refractivity contribution is 0.899. The number of aromatic nitrogens is 1. The van der Waals surface area contributed by atoms with Crippen molar-refractivity contribution in [3.63, 3.8) is 0 Å². The van der Waals surface area contributed by atoms with E-state index in [0.29, 0.717) is 0 Å². The summed E-state index contributed by atoms with van der Waals surface area (Å²) in [7, 11) is 2.01. The lowest BCUT2D eigenvalue weighted by Gasteiger charge is -1.87. The minimum Gasteiger partial charge on any atom is -0.345 e. The second kappa shape index (κ2) is 1.94. The normalized spacial score (nSPS) is 9.88. The first-order valence-corrected chi connectivity index (χ1v) is 3.28. The average Bonchev–Trinajstić information content (AvgIpc) is 1.85. The molecular formula is C6H8BrN. The summed E-state index contributed by atoms with van der Waals surface area (Å²) in [5.74, 6) is 0. The van der Waals surface area contributed by atoms with Gasteiger partial charge in [-0.3, -0.25) is 0 Å². The average molecular weight is 174 g/mol. The van der Waals surface area contributed by atoms with E-state index in [4.69, 9.17) is 0 Å². The van der Waals surface area contributed by atoms with Crippen LogP contribution >= 0.6 is 15.9 Å². The Bertz CT molecular complexity index is 171. The van der Waals surface area contributed by atoms with Gasteiger partial charge in [-0.05, 0) is 34.5 Å². The third-order valence-corrected chi connectivity index (χ3v) is 1.87. The van der Waals surface area contributed by atoms with Gasteiger partial charge < -0.3 is 4.57 Å². The molecule has 0 spiro atoms. The summed E-state index contributed by atoms with van der Waals surface area (Å²) >= 11 is 3.38. The van der Waals surface area contributed by atoms with Crippen LogP contribution in [0.3, 0.4) is 0 Å². The minimum atomic E-state index is 1.13. The van der Waals surface area contributed by atoms with Crippen molar-refractivity contribution < 1.29 is 0 Å². The molecule has 0 bridgehead atoms. The smallest absolute Gasteiger partial charge is 0.0846 e. The molecule has 0 radical (unpaired) electrons. The van der Waals surface area contributed by atoms with Gasteiger partial charge in [0.25, 0.3) is 0 Å². The third-order valence-electron chi connectivity index (χ3n) is 1.08. The molecule has 0 saturated heterocycles. The highest BCUT2D eigenvalue weighted by Gasteiger charge is 1.91. The van der Waals surface area contributed by atoms with Crippen LogP contribution in [0.2, 0.25) is 0 Å². The van der Waals surface area contributed by atoms with Crippen LogP contribution in [0.25, 0.3) is 0 Å². The summed E-state index contributed by atoms with van der Waals surface area (Å²) < 4.78 is 3.17. The first kappa shape index (κ1) is 5.89. The molecule has 2 heteroatoms. The highest BCUT2D eigenvalue weighted by Crippen LogP contribution is 2.11. The Balaban J connectivity index is 3.14. The predicted molar refractivity (Wildman–Crippen MR) is 37.9 cm³/mol. The lowest BCUT2D eigenvalue weighted by Crippen LogP contribution is -1.81. The summed E-state index contributed by atoms with van der Waals surface area (Å²) in [6, 6.07) is 2.08. The molecule has 0 N–H and O–H groups in total. The lowest BCUT2D eigenvalue weighted by atomic mass is 10.4. The molecule has 1 rings (SSSR count). The number of nitrogens with zero attached hydrogens (tertiary/aromatic N) is 1. The molecule has 0 aliphatic carbocycles. The fourth-order valence-electron chi connectivity index (χ4n) is 0.694. The van der Waals surface area contributed by atoms with Gasteiger partial charge >= 0.3 is 0 Å². The van der Waals surface area contributed by atoms with E-state index in [1.807, 2.05) is 11.6 Å². The Morgan fingerprint density at radius 2 is 2.25 bits per heavy atom. The van der Waals surface area contributed by atoms with E-state index < -0.39 is 0 Å². The molecule has 1 nitrogen and oxygen atoms in total. The quantitative estimate of drug-likeness (QED) is 0.567. The van der Waals surface area contributed by atoms with Crippen LogP contribution in [0.15, 0.2) is 16.9 Å². The standard InChI is InChI=1S/C6H8BrN/c1-5-3-6(7)8(2)4-5/h3-4H,1-2H3. The Morgan fingerprint density at radius 1 is 1.62 bits per heavy atom. The van der Waals surface area contributed by atoms with Gasteiger partial charge in [-0.1, -0.05) is 0 Å². The zero-order valence-corrected chi connectivity index (χ0v) is 6.57. The second-order valence-electron chi connectivity index (χ2n) is 1.95. The molecule has 1 heterocycles. The summed E-state index contributed by atoms with van der Waals surface area (Å²) in [5, 5.41) is 0. The fourth-order valence-corrected chi connectivity index (χ4v) is 1.16. The van der Waals surface area contributed by atoms with E-state index >= 15 is 0 Å². The number of rotatable bonds is 0. The van der Waals surface area contributed by atoms with Crippen LogP contribution in [-0.2, 0) is 7.05 Å². The topological polar surface area (TPSA) is 4.93 Å². The van der Waals surface area contributed by atoms with Gasteiger partial charge in [0.05, 0.1) is 4.60 Å². The number of halogens is 1. The van der Waals surface area contributed by atoms with Crippen molar-refractivity contribution in [3.05, 3.63) is 22.4 Å². The molecule has 0 fully saturated rings. The third kappa shape index (κ3) is 0.944. The molecule has 0 unspecified atom stereocenters. The maximum absolute atomic E-state index is 3.38. The number of aryl methyl sites for hydroxylation is 2. The van der Waals surface area contributed by atoms with Crippen molar-refractivity contribution in [2.24, 2.45) is 7.05 Å². The van der Waals surface area contributed by atoms with Crippen molar-refractivity contribution in [3.8, 4) is 0 Å². The van der Waals surface area contributed by atoms with Crippen molar-refractivity contribution in [1.29, 1.82) is 0 Å². The zero-order chi connectivity index (χ0) is 6.15. The maximum Gasteiger partial charge on any atom is 0.0846 e. The van der Waals surface area contributed by atoms with E-state index in [9.17, 15) is 0 Å². The summed E-state index contributed by atoms with van der Waals surface area (Å²) in [6.07, 6.45) is 2.07. The van der Waals surface area contributed by atoms with Gasteiger partial charge in [-0.25, -0.2) is 0 Å². The molecule has 0 saturated carbocycles. The fraction of sp³-hybridized carbons (Fsp3) is 0.333. The van der Waals surface area contributed by atoms with Crippen LogP contribution in [0.4, 0.5) is 0 Å². The Kier molecular flexibility index (Phi) is 1.43. The van der Waals surface area contributed by atoms with E-state index in [1.165, 1.54) is 5.56 Å². The van der Waals surface area contributed by atoms with E-state index in [0.717, 1.165) is 4.60 Å². The number of hydrogen-bond acceptors (Lipinski definition) is 0. The summed E-state index contributed by atoms with van der Waals surface area (Å²) in [5.41, 5.74) is 1.29. The van der Waals surface area contributed by atoms with Crippen molar-refractivity contribution >= 4 is 15.9 Å². The van der Waals surface area contributed by atoms with Crippen molar-refractivity contribution in [1.82, 2.24) is 4.57 Å². The second-order valence-corrected chi connectivity index (χ2v) is 2.76. The number of hydrogen-bond donors (Lipinski definition) is 0. The SMILES string of the molecule is Cc1cc(Br)n(C)c1. The van der Waals surface area contributed by atoms with E-state index in [1.54, 1.807) is 0 Å². The van der Waals surface area contributed by atoms with Crippen molar-refractivity contribution in [2.45, 2.75) is 6.92 Å². The Hall–Kier alpha value is -0.240. The molecule has 0 aromatic carbocycles.